The molecule has 1 aromatic carbocycles. The average molecular weight is 224 g/mol. The molecule has 0 saturated carbocycles. The smallest absolute Gasteiger partial charge is 0.137 e. The molecule has 2 N–H and O–H groups in total. The summed E-state index contributed by atoms with van der Waals surface area (Å²) in [5, 5.41) is 0.898. The molecule has 0 aliphatic rings. The van der Waals surface area contributed by atoms with E-state index in [0.29, 0.717) is 11.6 Å². The zero-order valence-electron chi connectivity index (χ0n) is 9.46. The third-order valence-electron chi connectivity index (χ3n) is 2.72. The molecule has 0 radical (unpaired) electrons. The van der Waals surface area contributed by atoms with Gasteiger partial charge in [0.25, 0.3) is 0 Å². The lowest BCUT2D eigenvalue weighted by molar-refractivity contribution is 1.07. The molecule has 0 aliphatic heterocycles. The predicted molar refractivity (Wildman–Crippen MR) is 68.0 cm³/mol. The fourth-order valence-electron chi connectivity index (χ4n) is 2.02. The molecule has 84 valence electrons. The van der Waals surface area contributed by atoms with Gasteiger partial charge in [0.2, 0.25) is 0 Å². The monoisotopic (exact) mass is 224 g/mol. The minimum atomic E-state index is 0.525. The van der Waals surface area contributed by atoms with E-state index in [-0.39, 0.29) is 0 Å². The van der Waals surface area contributed by atoms with Crippen molar-refractivity contribution >= 4 is 16.7 Å². The molecule has 3 rings (SSSR count). The zero-order valence-corrected chi connectivity index (χ0v) is 9.46. The van der Waals surface area contributed by atoms with Crippen molar-refractivity contribution in [3.05, 3.63) is 48.5 Å². The Labute approximate surface area is 98.7 Å². The van der Waals surface area contributed by atoms with Crippen LogP contribution < -0.4 is 5.73 Å². The van der Waals surface area contributed by atoms with E-state index in [2.05, 4.69) is 9.97 Å². The molecule has 0 fully saturated rings. The Hall–Kier alpha value is -2.36. The quantitative estimate of drug-likeness (QED) is 0.690. The lowest BCUT2D eigenvalue weighted by Crippen LogP contribution is -2.01. The first-order valence-electron chi connectivity index (χ1n) is 5.42. The molecule has 0 amide bonds. The Morgan fingerprint density at radius 1 is 1.06 bits per heavy atom. The summed E-state index contributed by atoms with van der Waals surface area (Å²) >= 11 is 0. The van der Waals surface area contributed by atoms with Gasteiger partial charge in [0.1, 0.15) is 11.6 Å². The zero-order chi connectivity index (χ0) is 11.8. The number of nitrogens with zero attached hydrogens (tertiary/aromatic N) is 3. The van der Waals surface area contributed by atoms with Crippen LogP contribution in [0.15, 0.2) is 42.7 Å². The maximum Gasteiger partial charge on any atom is 0.137 e. The second kappa shape index (κ2) is 3.59. The van der Waals surface area contributed by atoms with E-state index in [4.69, 9.17) is 5.73 Å². The highest BCUT2D eigenvalue weighted by atomic mass is 15.0. The van der Waals surface area contributed by atoms with E-state index in [0.717, 1.165) is 16.6 Å². The Balaban J connectivity index is 2.40. The maximum atomic E-state index is 6.00. The van der Waals surface area contributed by atoms with Crippen molar-refractivity contribution in [1.82, 2.24) is 14.5 Å². The summed E-state index contributed by atoms with van der Waals surface area (Å²) in [5.41, 5.74) is 7.88. The number of anilines is 1. The van der Waals surface area contributed by atoms with Crippen molar-refractivity contribution in [3.8, 4) is 5.69 Å². The van der Waals surface area contributed by atoms with Gasteiger partial charge < -0.3 is 10.3 Å². The van der Waals surface area contributed by atoms with Crippen molar-refractivity contribution in [2.24, 2.45) is 0 Å². The van der Waals surface area contributed by atoms with Crippen molar-refractivity contribution in [1.29, 1.82) is 0 Å². The van der Waals surface area contributed by atoms with E-state index in [1.54, 1.807) is 0 Å². The molecule has 2 aromatic heterocycles. The summed E-state index contributed by atoms with van der Waals surface area (Å²) in [4.78, 5) is 8.63. The number of fused-ring (bicyclic) bond motifs is 1. The standard InChI is InChI=1S/C13H12N4/c1-9-15-10-5-4-6-11(12(10)13(14)16-9)17-7-2-3-8-17/h2-8H,1H3,(H2,14,15,16). The van der Waals surface area contributed by atoms with Crippen LogP contribution in [0.25, 0.3) is 16.6 Å². The summed E-state index contributed by atoms with van der Waals surface area (Å²) in [7, 11) is 0. The topological polar surface area (TPSA) is 56.7 Å². The van der Waals surface area contributed by atoms with Crippen LogP contribution in [-0.4, -0.2) is 14.5 Å². The number of benzene rings is 1. The van der Waals surface area contributed by atoms with Gasteiger partial charge in [0.15, 0.2) is 0 Å². The molecular weight excluding hydrogens is 212 g/mol. The van der Waals surface area contributed by atoms with Crippen LogP contribution in [0.5, 0.6) is 0 Å². The van der Waals surface area contributed by atoms with Crippen LogP contribution in [0.1, 0.15) is 5.82 Å². The minimum absolute atomic E-state index is 0.525. The van der Waals surface area contributed by atoms with Gasteiger partial charge in [-0.05, 0) is 31.2 Å². The van der Waals surface area contributed by atoms with Crippen molar-refractivity contribution < 1.29 is 0 Å². The lowest BCUT2D eigenvalue weighted by Gasteiger charge is -2.09. The van der Waals surface area contributed by atoms with E-state index in [1.165, 1.54) is 0 Å². The van der Waals surface area contributed by atoms with Crippen LogP contribution in [0.4, 0.5) is 5.82 Å². The minimum Gasteiger partial charge on any atom is -0.383 e. The van der Waals surface area contributed by atoms with Crippen LogP contribution in [0, 0.1) is 6.92 Å². The van der Waals surface area contributed by atoms with Crippen molar-refractivity contribution in [2.45, 2.75) is 6.92 Å². The van der Waals surface area contributed by atoms with Gasteiger partial charge in [-0.25, -0.2) is 9.97 Å². The molecular formula is C13H12N4. The summed E-state index contributed by atoms with van der Waals surface area (Å²) in [6, 6.07) is 9.89. The van der Waals surface area contributed by atoms with Gasteiger partial charge in [-0.2, -0.15) is 0 Å². The fourth-order valence-corrected chi connectivity index (χ4v) is 2.02. The van der Waals surface area contributed by atoms with E-state index in [1.807, 2.05) is 54.2 Å². The molecule has 17 heavy (non-hydrogen) atoms. The highest BCUT2D eigenvalue weighted by Gasteiger charge is 2.08. The summed E-state index contributed by atoms with van der Waals surface area (Å²) in [5.74, 6) is 1.22. The van der Waals surface area contributed by atoms with Gasteiger partial charge in [-0.15, -0.1) is 0 Å². The third kappa shape index (κ3) is 1.54. The van der Waals surface area contributed by atoms with Crippen LogP contribution in [0.2, 0.25) is 0 Å². The number of nitrogen functional groups attached to an aromatic ring is 1. The number of hydrogen-bond donors (Lipinski definition) is 1. The number of aromatic nitrogens is 3. The Kier molecular flexibility index (Phi) is 2.08. The lowest BCUT2D eigenvalue weighted by atomic mass is 10.2. The molecule has 4 heteroatoms. The molecule has 3 aromatic rings. The molecule has 0 saturated heterocycles. The first-order chi connectivity index (χ1) is 8.25. The van der Waals surface area contributed by atoms with Gasteiger partial charge in [0, 0.05) is 12.4 Å². The Bertz CT molecular complexity index is 671. The second-order valence-electron chi connectivity index (χ2n) is 3.92. The summed E-state index contributed by atoms with van der Waals surface area (Å²) < 4.78 is 2.01. The Morgan fingerprint density at radius 3 is 2.59 bits per heavy atom. The van der Waals surface area contributed by atoms with E-state index < -0.39 is 0 Å². The van der Waals surface area contributed by atoms with Gasteiger partial charge in [-0.1, -0.05) is 6.07 Å². The number of aryl methyl sites for hydroxylation is 1. The van der Waals surface area contributed by atoms with E-state index >= 15 is 0 Å². The normalized spacial score (nSPS) is 10.9. The largest absolute Gasteiger partial charge is 0.383 e. The number of rotatable bonds is 1. The molecule has 0 atom stereocenters. The molecule has 0 aliphatic carbocycles. The second-order valence-corrected chi connectivity index (χ2v) is 3.92. The average Bonchev–Trinajstić information content (AvgIpc) is 2.80. The van der Waals surface area contributed by atoms with Crippen molar-refractivity contribution in [3.63, 3.8) is 0 Å². The van der Waals surface area contributed by atoms with Crippen LogP contribution in [0.3, 0.4) is 0 Å². The highest BCUT2D eigenvalue weighted by molar-refractivity contribution is 5.95. The fraction of sp³-hybridized carbons (Fsp3) is 0.0769. The summed E-state index contributed by atoms with van der Waals surface area (Å²) in [6.45, 7) is 1.85. The molecule has 0 bridgehead atoms. The van der Waals surface area contributed by atoms with Gasteiger partial charge in [0.05, 0.1) is 16.6 Å². The van der Waals surface area contributed by atoms with Crippen molar-refractivity contribution in [2.75, 3.05) is 5.73 Å². The maximum absolute atomic E-state index is 6.00. The van der Waals surface area contributed by atoms with Gasteiger partial charge >= 0.3 is 0 Å². The number of nitrogens with two attached hydrogens (primary N) is 1. The predicted octanol–water partition coefficient (Wildman–Crippen LogP) is 2.31. The van der Waals surface area contributed by atoms with Crippen LogP contribution in [-0.2, 0) is 0 Å². The first kappa shape index (κ1) is 9.84. The molecule has 0 unspecified atom stereocenters. The molecule has 2 heterocycles. The Morgan fingerprint density at radius 2 is 1.82 bits per heavy atom. The summed E-state index contributed by atoms with van der Waals surface area (Å²) in [6.07, 6.45) is 3.96. The third-order valence-corrected chi connectivity index (χ3v) is 2.72. The molecule has 4 nitrogen and oxygen atoms in total. The number of hydrogen-bond acceptors (Lipinski definition) is 3. The van der Waals surface area contributed by atoms with E-state index in [9.17, 15) is 0 Å². The SMILES string of the molecule is Cc1nc(N)c2c(-n3cccc3)cccc2n1. The highest BCUT2D eigenvalue weighted by Crippen LogP contribution is 2.25. The van der Waals surface area contributed by atoms with Crippen LogP contribution >= 0.6 is 0 Å². The van der Waals surface area contributed by atoms with Gasteiger partial charge in [-0.3, -0.25) is 0 Å². The molecule has 0 spiro atoms. The first-order valence-corrected chi connectivity index (χ1v) is 5.42.